The minimum atomic E-state index is 0.261. The summed E-state index contributed by atoms with van der Waals surface area (Å²) in [6.45, 7) is 3.59. The average Bonchev–Trinajstić information content (AvgIpc) is 2.98. The summed E-state index contributed by atoms with van der Waals surface area (Å²) in [5, 5.41) is 0. The molecule has 0 saturated heterocycles. The van der Waals surface area contributed by atoms with Crippen molar-refractivity contribution in [3.8, 4) is 0 Å². The van der Waals surface area contributed by atoms with Gasteiger partial charge in [-0.05, 0) is 12.8 Å². The number of nitrogens with zero attached hydrogens (tertiary/aromatic N) is 3. The molecule has 1 heterocycles. The Morgan fingerprint density at radius 2 is 2.38 bits per heavy atom. The highest BCUT2D eigenvalue weighted by molar-refractivity contribution is 6.01. The molecule has 0 aliphatic heterocycles. The highest BCUT2D eigenvalue weighted by Gasteiger charge is 2.30. The second kappa shape index (κ2) is 3.88. The van der Waals surface area contributed by atoms with Crippen LogP contribution >= 0.6 is 0 Å². The van der Waals surface area contributed by atoms with Crippen molar-refractivity contribution < 1.29 is 0 Å². The number of aromatic amines is 1. The molecular formula is C10H16N6. The SMILES string of the molecule is C=C(N)N=C(c1[nH]cnc1N)N(C)C1CC1. The zero-order valence-corrected chi connectivity index (χ0v) is 9.27. The summed E-state index contributed by atoms with van der Waals surface area (Å²) in [5.41, 5.74) is 12.0. The lowest BCUT2D eigenvalue weighted by molar-refractivity contribution is 0.495. The van der Waals surface area contributed by atoms with Crippen LogP contribution in [0.2, 0.25) is 0 Å². The molecular weight excluding hydrogens is 204 g/mol. The molecule has 0 radical (unpaired) electrons. The van der Waals surface area contributed by atoms with Crippen molar-refractivity contribution >= 4 is 11.7 Å². The molecule has 2 rings (SSSR count). The van der Waals surface area contributed by atoms with Gasteiger partial charge in [0.1, 0.15) is 11.5 Å². The van der Waals surface area contributed by atoms with Gasteiger partial charge >= 0.3 is 0 Å². The monoisotopic (exact) mass is 220 g/mol. The van der Waals surface area contributed by atoms with Crippen LogP contribution < -0.4 is 11.5 Å². The van der Waals surface area contributed by atoms with Crippen LogP contribution in [-0.2, 0) is 0 Å². The number of nitrogens with two attached hydrogens (primary N) is 2. The highest BCUT2D eigenvalue weighted by atomic mass is 15.2. The maximum absolute atomic E-state index is 5.76. The number of aliphatic imine (C=N–C) groups is 1. The molecule has 1 aromatic heterocycles. The van der Waals surface area contributed by atoms with Gasteiger partial charge in [0.15, 0.2) is 11.7 Å². The van der Waals surface area contributed by atoms with Crippen LogP contribution in [0.15, 0.2) is 23.7 Å². The molecule has 0 bridgehead atoms. The molecule has 0 unspecified atom stereocenters. The molecule has 6 heteroatoms. The molecule has 1 saturated carbocycles. The largest absolute Gasteiger partial charge is 0.384 e. The number of imidazole rings is 1. The van der Waals surface area contributed by atoms with Gasteiger partial charge in [-0.1, -0.05) is 6.58 Å². The number of aromatic nitrogens is 2. The van der Waals surface area contributed by atoms with Crippen LogP contribution in [0.3, 0.4) is 0 Å². The summed E-state index contributed by atoms with van der Waals surface area (Å²) < 4.78 is 0. The summed E-state index contributed by atoms with van der Waals surface area (Å²) in [5.74, 6) is 1.38. The van der Waals surface area contributed by atoms with Crippen molar-refractivity contribution in [1.82, 2.24) is 14.9 Å². The lowest BCUT2D eigenvalue weighted by Crippen LogP contribution is -2.31. The number of hydrogen-bond donors (Lipinski definition) is 3. The van der Waals surface area contributed by atoms with E-state index >= 15 is 0 Å². The Balaban J connectivity index is 2.34. The Bertz CT molecular complexity index is 428. The molecule has 1 aliphatic rings. The second-order valence-electron chi connectivity index (χ2n) is 3.93. The van der Waals surface area contributed by atoms with E-state index in [1.165, 1.54) is 12.8 Å². The number of nitrogen functional groups attached to an aromatic ring is 1. The summed E-state index contributed by atoms with van der Waals surface area (Å²) in [6.07, 6.45) is 3.88. The predicted molar refractivity (Wildman–Crippen MR) is 63.6 cm³/mol. The van der Waals surface area contributed by atoms with E-state index in [2.05, 4.69) is 26.4 Å². The van der Waals surface area contributed by atoms with E-state index in [1.54, 1.807) is 6.33 Å². The van der Waals surface area contributed by atoms with Gasteiger partial charge in [-0.3, -0.25) is 0 Å². The van der Waals surface area contributed by atoms with Gasteiger partial charge in [0.25, 0.3) is 0 Å². The first-order chi connectivity index (χ1) is 7.59. The van der Waals surface area contributed by atoms with Gasteiger partial charge in [0.05, 0.1) is 6.33 Å². The fraction of sp³-hybridized carbons (Fsp3) is 0.400. The van der Waals surface area contributed by atoms with Gasteiger partial charge in [-0.15, -0.1) is 0 Å². The molecule has 16 heavy (non-hydrogen) atoms. The summed E-state index contributed by atoms with van der Waals surface area (Å²) in [7, 11) is 1.97. The van der Waals surface area contributed by atoms with Gasteiger partial charge in [0, 0.05) is 13.1 Å². The average molecular weight is 220 g/mol. The van der Waals surface area contributed by atoms with E-state index in [4.69, 9.17) is 11.5 Å². The molecule has 1 aromatic rings. The zero-order valence-electron chi connectivity index (χ0n) is 9.27. The van der Waals surface area contributed by atoms with Crippen LogP contribution in [-0.4, -0.2) is 33.8 Å². The Morgan fingerprint density at radius 1 is 1.69 bits per heavy atom. The smallest absolute Gasteiger partial charge is 0.158 e. The maximum Gasteiger partial charge on any atom is 0.158 e. The third kappa shape index (κ3) is 2.00. The summed E-state index contributed by atoms with van der Waals surface area (Å²) in [6, 6.07) is 0.515. The van der Waals surface area contributed by atoms with Crippen molar-refractivity contribution in [3.05, 3.63) is 24.4 Å². The minimum Gasteiger partial charge on any atom is -0.384 e. The van der Waals surface area contributed by atoms with E-state index in [0.29, 0.717) is 23.4 Å². The fourth-order valence-corrected chi connectivity index (χ4v) is 1.57. The van der Waals surface area contributed by atoms with Crippen molar-refractivity contribution in [2.24, 2.45) is 10.7 Å². The van der Waals surface area contributed by atoms with Crippen LogP contribution in [0.25, 0.3) is 0 Å². The van der Waals surface area contributed by atoms with E-state index in [1.807, 2.05) is 7.05 Å². The quantitative estimate of drug-likeness (QED) is 0.503. The minimum absolute atomic E-state index is 0.261. The fourth-order valence-electron chi connectivity index (χ4n) is 1.57. The predicted octanol–water partition coefficient (Wildman–Crippen LogP) is 0.263. The molecule has 1 fully saturated rings. The maximum atomic E-state index is 5.76. The van der Waals surface area contributed by atoms with Crippen molar-refractivity contribution in [3.63, 3.8) is 0 Å². The van der Waals surface area contributed by atoms with Crippen LogP contribution in [0.5, 0.6) is 0 Å². The van der Waals surface area contributed by atoms with Crippen molar-refractivity contribution in [2.75, 3.05) is 12.8 Å². The second-order valence-corrected chi connectivity index (χ2v) is 3.93. The molecule has 6 nitrogen and oxygen atoms in total. The standard InChI is InChI=1S/C10H16N6/c1-6(11)15-10(16(2)7-3-4-7)8-9(12)14-5-13-8/h5,7H,1,3-4,11-12H2,2H3,(H,13,14). The van der Waals surface area contributed by atoms with Crippen LogP contribution in [0, 0.1) is 0 Å². The summed E-state index contributed by atoms with van der Waals surface area (Å²) in [4.78, 5) is 13.2. The molecule has 1 aliphatic carbocycles. The molecule has 0 aromatic carbocycles. The third-order valence-electron chi connectivity index (χ3n) is 2.57. The number of anilines is 1. The van der Waals surface area contributed by atoms with E-state index in [0.717, 1.165) is 0 Å². The van der Waals surface area contributed by atoms with Gasteiger partial charge in [-0.2, -0.15) is 0 Å². The number of H-pyrrole nitrogens is 1. The lowest BCUT2D eigenvalue weighted by Gasteiger charge is -2.20. The Hall–Kier alpha value is -1.98. The summed E-state index contributed by atoms with van der Waals surface area (Å²) >= 11 is 0. The molecule has 0 atom stereocenters. The Labute approximate surface area is 94.1 Å². The Kier molecular flexibility index (Phi) is 2.55. The lowest BCUT2D eigenvalue weighted by atomic mass is 10.3. The Morgan fingerprint density at radius 3 is 2.81 bits per heavy atom. The first kappa shape index (κ1) is 10.5. The van der Waals surface area contributed by atoms with Crippen LogP contribution in [0.4, 0.5) is 5.82 Å². The molecule has 5 N–H and O–H groups in total. The van der Waals surface area contributed by atoms with Crippen molar-refractivity contribution in [2.45, 2.75) is 18.9 Å². The third-order valence-corrected chi connectivity index (χ3v) is 2.57. The number of hydrogen-bond acceptors (Lipinski definition) is 4. The number of amidine groups is 1. The van der Waals surface area contributed by atoms with Crippen molar-refractivity contribution in [1.29, 1.82) is 0 Å². The molecule has 86 valence electrons. The van der Waals surface area contributed by atoms with Gasteiger partial charge in [0.2, 0.25) is 0 Å². The van der Waals surface area contributed by atoms with E-state index < -0.39 is 0 Å². The normalized spacial score (nSPS) is 16.2. The van der Waals surface area contributed by atoms with Gasteiger partial charge < -0.3 is 21.4 Å². The first-order valence-electron chi connectivity index (χ1n) is 5.14. The first-order valence-corrected chi connectivity index (χ1v) is 5.14. The van der Waals surface area contributed by atoms with E-state index in [-0.39, 0.29) is 5.82 Å². The van der Waals surface area contributed by atoms with Crippen LogP contribution in [0.1, 0.15) is 18.5 Å². The highest BCUT2D eigenvalue weighted by Crippen LogP contribution is 2.27. The molecule has 0 spiro atoms. The molecule has 0 amide bonds. The topological polar surface area (TPSA) is 96.3 Å². The van der Waals surface area contributed by atoms with E-state index in [9.17, 15) is 0 Å². The van der Waals surface area contributed by atoms with Gasteiger partial charge in [-0.25, -0.2) is 9.98 Å². The number of rotatable bonds is 3. The zero-order chi connectivity index (χ0) is 11.7. The number of nitrogens with one attached hydrogen (secondary N) is 1.